The second-order valence-electron chi connectivity index (χ2n) is 17.1. The standard InChI is InChI=1S/C63H47N3Si2/c1-8-24-48(25-9-1)49-42-44-58(45-43-49)68(56-36-18-6-19-37-56,57-38-20-7-21-39-57)60-41-23-29-52(47-60)63-65-61(50-26-10-2-11-27-50)64-62(66-63)51-28-22-40-59(46-51)67(53-30-12-3-13-31-53,54-32-14-4-15-33-54)55-34-16-5-17-35-55/h1-47H. The second-order valence-corrected chi connectivity index (χ2v) is 24.7. The van der Waals surface area contributed by atoms with Crippen molar-refractivity contribution in [3.05, 3.63) is 285 Å². The molecule has 0 aliphatic heterocycles. The summed E-state index contributed by atoms with van der Waals surface area (Å²) in [5.41, 5.74) is 5.20. The fourth-order valence-corrected chi connectivity index (χ4v) is 19.7. The predicted molar refractivity (Wildman–Crippen MR) is 289 cm³/mol. The van der Waals surface area contributed by atoms with Crippen molar-refractivity contribution in [2.75, 3.05) is 0 Å². The van der Waals surface area contributed by atoms with Crippen molar-refractivity contribution in [2.24, 2.45) is 0 Å². The molecule has 0 bridgehead atoms. The molecule has 0 unspecified atom stereocenters. The number of nitrogens with zero attached hydrogens (tertiary/aromatic N) is 3. The molecule has 0 N–H and O–H groups in total. The molecule has 322 valence electrons. The van der Waals surface area contributed by atoms with Crippen LogP contribution < -0.4 is 41.5 Å². The van der Waals surface area contributed by atoms with Gasteiger partial charge in [-0.1, -0.05) is 285 Å². The van der Waals surface area contributed by atoms with Crippen molar-refractivity contribution in [3.63, 3.8) is 0 Å². The van der Waals surface area contributed by atoms with E-state index < -0.39 is 16.1 Å². The van der Waals surface area contributed by atoms with Crippen LogP contribution in [0.15, 0.2) is 285 Å². The minimum absolute atomic E-state index is 0.627. The van der Waals surface area contributed by atoms with Crippen LogP contribution in [0.5, 0.6) is 0 Å². The van der Waals surface area contributed by atoms with Gasteiger partial charge in [0.05, 0.1) is 0 Å². The molecule has 0 fully saturated rings. The van der Waals surface area contributed by atoms with E-state index >= 15 is 0 Å². The quantitative estimate of drug-likeness (QED) is 0.0908. The average Bonchev–Trinajstić information content (AvgIpc) is 3.44. The molecule has 0 saturated carbocycles. The lowest BCUT2D eigenvalue weighted by molar-refractivity contribution is 1.07. The Morgan fingerprint density at radius 3 is 0.750 bits per heavy atom. The van der Waals surface area contributed by atoms with Crippen LogP contribution in [-0.4, -0.2) is 31.1 Å². The van der Waals surface area contributed by atoms with Gasteiger partial charge in [-0.25, -0.2) is 15.0 Å². The molecule has 11 aromatic rings. The van der Waals surface area contributed by atoms with Crippen molar-refractivity contribution in [1.82, 2.24) is 15.0 Å². The molecule has 0 atom stereocenters. The van der Waals surface area contributed by atoms with Crippen molar-refractivity contribution in [3.8, 4) is 45.3 Å². The zero-order valence-electron chi connectivity index (χ0n) is 37.5. The molecular formula is C63H47N3Si2. The molecule has 10 aromatic carbocycles. The van der Waals surface area contributed by atoms with E-state index in [4.69, 9.17) is 15.0 Å². The molecule has 1 heterocycles. The minimum Gasteiger partial charge on any atom is -0.208 e. The highest BCUT2D eigenvalue weighted by Gasteiger charge is 2.43. The van der Waals surface area contributed by atoms with Gasteiger partial charge in [0, 0.05) is 16.7 Å². The first-order chi connectivity index (χ1) is 33.7. The van der Waals surface area contributed by atoms with Gasteiger partial charge in [0.2, 0.25) is 0 Å². The highest BCUT2D eigenvalue weighted by Crippen LogP contribution is 2.26. The Hall–Kier alpha value is -8.36. The van der Waals surface area contributed by atoms with Crippen molar-refractivity contribution >= 4 is 57.6 Å². The summed E-state index contributed by atoms with van der Waals surface area (Å²) in [6.07, 6.45) is 0. The van der Waals surface area contributed by atoms with E-state index in [0.717, 1.165) is 16.7 Å². The van der Waals surface area contributed by atoms with E-state index in [1.165, 1.54) is 52.6 Å². The molecule has 68 heavy (non-hydrogen) atoms. The van der Waals surface area contributed by atoms with Gasteiger partial charge >= 0.3 is 0 Å². The molecule has 11 rings (SSSR count). The Labute approximate surface area is 400 Å². The molecule has 0 aliphatic rings. The summed E-state index contributed by atoms with van der Waals surface area (Å²) in [6.45, 7) is 0. The molecular weight excluding hydrogens is 855 g/mol. The summed E-state index contributed by atoms with van der Waals surface area (Å²) in [6, 6.07) is 103. The van der Waals surface area contributed by atoms with Gasteiger partial charge in [-0.2, -0.15) is 0 Å². The summed E-state index contributed by atoms with van der Waals surface area (Å²) in [7, 11) is -5.77. The van der Waals surface area contributed by atoms with Crippen LogP contribution in [0.2, 0.25) is 0 Å². The number of hydrogen-bond donors (Lipinski definition) is 0. The van der Waals surface area contributed by atoms with Crippen LogP contribution in [-0.2, 0) is 0 Å². The highest BCUT2D eigenvalue weighted by molar-refractivity contribution is 7.20. The molecule has 0 aliphatic carbocycles. The maximum Gasteiger partial charge on any atom is 0.179 e. The van der Waals surface area contributed by atoms with Crippen LogP contribution in [0.3, 0.4) is 0 Å². The lowest BCUT2D eigenvalue weighted by Gasteiger charge is -2.34. The van der Waals surface area contributed by atoms with Gasteiger partial charge in [0.15, 0.2) is 33.6 Å². The molecule has 0 saturated heterocycles. The fraction of sp³-hybridized carbons (Fsp3) is 0. The predicted octanol–water partition coefficient (Wildman–Crippen LogP) is 9.29. The highest BCUT2D eigenvalue weighted by atomic mass is 28.3. The van der Waals surface area contributed by atoms with Gasteiger partial charge in [-0.05, 0) is 52.6 Å². The minimum atomic E-state index is -2.93. The SMILES string of the molecule is c1ccc(-c2ccc([Si](c3ccccc3)(c3ccccc3)c3cccc(-c4nc(-c5ccccc5)nc(-c5cccc([Si](c6ccccc6)(c6ccccc6)c6ccccc6)c5)n4)c3)cc2)cc1. The first-order valence-corrected chi connectivity index (χ1v) is 27.2. The van der Waals surface area contributed by atoms with Crippen LogP contribution >= 0.6 is 0 Å². The number of hydrogen-bond acceptors (Lipinski definition) is 3. The van der Waals surface area contributed by atoms with E-state index in [1.54, 1.807) is 0 Å². The van der Waals surface area contributed by atoms with Crippen molar-refractivity contribution < 1.29 is 0 Å². The second kappa shape index (κ2) is 18.9. The van der Waals surface area contributed by atoms with E-state index in [-0.39, 0.29) is 0 Å². The van der Waals surface area contributed by atoms with Gasteiger partial charge in [-0.3, -0.25) is 0 Å². The molecule has 0 radical (unpaired) electrons. The molecule has 3 nitrogen and oxygen atoms in total. The summed E-state index contributed by atoms with van der Waals surface area (Å²) in [5.74, 6) is 1.89. The Balaban J connectivity index is 1.12. The largest absolute Gasteiger partial charge is 0.208 e. The Morgan fingerprint density at radius 1 is 0.176 bits per heavy atom. The zero-order chi connectivity index (χ0) is 45.6. The van der Waals surface area contributed by atoms with Gasteiger partial charge in [0.1, 0.15) is 0 Å². The van der Waals surface area contributed by atoms with Crippen LogP contribution in [0, 0.1) is 0 Å². The van der Waals surface area contributed by atoms with E-state index in [1.807, 2.05) is 18.2 Å². The monoisotopic (exact) mass is 901 g/mol. The Bertz CT molecular complexity index is 3280. The Morgan fingerprint density at radius 2 is 0.412 bits per heavy atom. The topological polar surface area (TPSA) is 38.7 Å². The third kappa shape index (κ3) is 7.83. The average molecular weight is 902 g/mol. The summed E-state index contributed by atoms with van der Waals surface area (Å²) in [4.78, 5) is 16.0. The summed E-state index contributed by atoms with van der Waals surface area (Å²) >= 11 is 0. The van der Waals surface area contributed by atoms with Crippen molar-refractivity contribution in [2.45, 2.75) is 0 Å². The number of rotatable bonds is 12. The number of aromatic nitrogens is 3. The van der Waals surface area contributed by atoms with E-state index in [2.05, 4.69) is 267 Å². The third-order valence-electron chi connectivity index (χ3n) is 13.2. The van der Waals surface area contributed by atoms with Crippen LogP contribution in [0.4, 0.5) is 0 Å². The molecule has 0 spiro atoms. The zero-order valence-corrected chi connectivity index (χ0v) is 39.5. The fourth-order valence-electron chi connectivity index (χ4n) is 10.1. The third-order valence-corrected chi connectivity index (χ3v) is 22.8. The van der Waals surface area contributed by atoms with Gasteiger partial charge in [0.25, 0.3) is 0 Å². The lowest BCUT2D eigenvalue weighted by Crippen LogP contribution is -2.74. The van der Waals surface area contributed by atoms with Gasteiger partial charge < -0.3 is 0 Å². The smallest absolute Gasteiger partial charge is 0.179 e. The maximum absolute atomic E-state index is 5.44. The summed E-state index contributed by atoms with van der Waals surface area (Å²) in [5, 5.41) is 10.3. The first-order valence-electron chi connectivity index (χ1n) is 23.2. The maximum atomic E-state index is 5.44. The summed E-state index contributed by atoms with van der Waals surface area (Å²) < 4.78 is 0. The normalized spacial score (nSPS) is 11.5. The van der Waals surface area contributed by atoms with Gasteiger partial charge in [-0.15, -0.1) is 0 Å². The number of benzene rings is 10. The Kier molecular flexibility index (Phi) is 11.7. The van der Waals surface area contributed by atoms with E-state index in [9.17, 15) is 0 Å². The van der Waals surface area contributed by atoms with Crippen molar-refractivity contribution in [1.29, 1.82) is 0 Å². The van der Waals surface area contributed by atoms with Crippen LogP contribution in [0.1, 0.15) is 0 Å². The van der Waals surface area contributed by atoms with E-state index in [0.29, 0.717) is 17.5 Å². The lowest BCUT2D eigenvalue weighted by atomic mass is 10.1. The molecule has 5 heteroatoms. The molecule has 0 amide bonds. The molecule has 1 aromatic heterocycles. The first kappa shape index (κ1) is 42.3. The van der Waals surface area contributed by atoms with Crippen LogP contribution in [0.25, 0.3) is 45.3 Å².